The SMILES string of the molecule is CC(C)(C)OC(=O)N1CCC(N)(C(N)=O)CC1.CC(C)(C)OC(=O)N1CCC(NC(=O)C#Cc2ccccc2)(C(N)=O)CC1.CC(C)(C)OC(=O)N1CCC2(CC1)N=C(C#Cc1ccccc1)NC2=O.CCO.ClCCl.N[N-]O.O=C(O)C#Cc1ccccc1.O=C1NC(C#Cc2ccccc2)=NC12CCNCC2.[Na+]. The predicted octanol–water partition coefficient (Wildman–Crippen LogP) is 3.80. The van der Waals surface area contributed by atoms with Gasteiger partial charge in [0.25, 0.3) is 17.7 Å². The number of nitrogens with zero attached hydrogens (tertiary/aromatic N) is 6. The third kappa shape index (κ3) is 35.4. The molecule has 4 fully saturated rings. The Labute approximate surface area is 676 Å². The number of aliphatic hydroxyl groups excluding tert-OH is 1. The summed E-state index contributed by atoms with van der Waals surface area (Å²) in [6.45, 7) is 22.1. The molecule has 4 aromatic rings. The Morgan fingerprint density at radius 1 is 0.527 bits per heavy atom. The summed E-state index contributed by atoms with van der Waals surface area (Å²) in [7, 11) is 0. The second-order valence-corrected chi connectivity index (χ2v) is 28.6. The molecule has 0 aliphatic carbocycles. The van der Waals surface area contributed by atoms with Crippen molar-refractivity contribution in [3.05, 3.63) is 149 Å². The van der Waals surface area contributed by atoms with Crippen molar-refractivity contribution in [2.45, 2.75) is 160 Å². The number of piperidine rings is 4. The minimum absolute atomic E-state index is 0. The smallest absolute Gasteiger partial charge is 0.488 e. The number of carbonyl (C=O) groups excluding carboxylic acids is 8. The number of alkyl halides is 2. The molecule has 29 nitrogen and oxygen atoms in total. The maximum absolute atomic E-state index is 12.5. The molecular formula is C78H101Cl2N14NaO15. The van der Waals surface area contributed by atoms with Gasteiger partial charge in [-0.15, -0.1) is 23.2 Å². The molecule has 0 radical (unpaired) electrons. The first kappa shape index (κ1) is 96.5. The van der Waals surface area contributed by atoms with Crippen LogP contribution in [0.25, 0.3) is 5.59 Å². The fourth-order valence-electron chi connectivity index (χ4n) is 10.4. The standard InChI is InChI=1S/C20H25N3O4.C20H23N3O3.C15H15N3O.C11H21N3O3.C9H6O2.C2H6O.CH2Cl2.H3N2O.Na/c1-19(2,3)27-18(26)23-13-11-20(12-14-23,17(21)25)22-16(24)10-9-15-7-5-4-6-8-15;1-19(2,3)26-18(25)23-13-11-20(12-14-23)17(24)21-16(22-20)10-9-15-7-5-4-6-8-15;19-14-15(8-10-16-11-9-15)18-13(17-14)7-6-12-4-2-1-3-5-12;1-10(2,3)17-9(16)14-6-4-11(13,5-7-14)8(12)15;10-9(11)7-6-8-4-2-1-3-5-8;1-2-3;2-1-3;1-2-3;/h4-8H,11-14H2,1-3H3,(H2,21,25)(H,22,24);4-8H,11-14H2,1-3H3,(H,21,22,24);1-5,16H,8-11H2,(H,17,18,19);4-7,13H2,1-3H3,(H2,12,15);1-5H,(H,10,11);3H,2H2,1H3;1H2;3H,1H2;/q;;;;;;;-1;+1. The third-order valence-corrected chi connectivity index (χ3v) is 15.9. The average molecular weight is 1570 g/mol. The molecule has 0 aromatic heterocycles. The number of amidine groups is 2. The van der Waals surface area contributed by atoms with Crippen LogP contribution in [0.2, 0.25) is 0 Å². The fourth-order valence-corrected chi connectivity index (χ4v) is 10.4. The van der Waals surface area contributed by atoms with E-state index < -0.39 is 68.7 Å². The number of hydrogen-bond acceptors (Lipinski definition) is 19. The number of aliphatic imine (C=N–C) groups is 2. The minimum atomic E-state index is -1.22. The number of aliphatic hydroxyl groups is 1. The Balaban J connectivity index is 0.000000463. The van der Waals surface area contributed by atoms with E-state index in [0.717, 1.165) is 42.6 Å². The van der Waals surface area contributed by atoms with Crippen LogP contribution in [-0.2, 0) is 43.0 Å². The molecule has 8 amide bonds. The molecule has 10 rings (SSSR count). The summed E-state index contributed by atoms with van der Waals surface area (Å²) in [6, 6.07) is 37.3. The number of nitrogens with two attached hydrogens (primary N) is 4. The number of rotatable bonds is 3. The summed E-state index contributed by atoms with van der Waals surface area (Å²) < 4.78 is 16.0. The van der Waals surface area contributed by atoms with Crippen molar-refractivity contribution in [2.24, 2.45) is 33.0 Å². The molecule has 6 heterocycles. The predicted molar refractivity (Wildman–Crippen MR) is 416 cm³/mol. The molecule has 6 aliphatic rings. The fraction of sp³-hybridized carbons (Fsp3) is 0.449. The Kier molecular flexibility index (Phi) is 41.7. The summed E-state index contributed by atoms with van der Waals surface area (Å²) in [5.41, 5.74) is 16.6. The van der Waals surface area contributed by atoms with E-state index in [1.165, 1.54) is 4.90 Å². The number of likely N-dealkylation sites (tertiary alicyclic amines) is 3. The first-order valence-corrected chi connectivity index (χ1v) is 35.9. The van der Waals surface area contributed by atoms with Crippen molar-refractivity contribution in [2.75, 3.05) is 64.3 Å². The van der Waals surface area contributed by atoms with E-state index in [1.54, 1.807) is 61.8 Å². The molecule has 0 unspecified atom stereocenters. The van der Waals surface area contributed by atoms with Crippen LogP contribution in [0.3, 0.4) is 0 Å². The van der Waals surface area contributed by atoms with Crippen molar-refractivity contribution < 1.29 is 102 Å². The van der Waals surface area contributed by atoms with Crippen LogP contribution in [0.4, 0.5) is 14.4 Å². The van der Waals surface area contributed by atoms with Gasteiger partial charge in [0.15, 0.2) is 11.7 Å². The van der Waals surface area contributed by atoms with Crippen molar-refractivity contribution in [1.82, 2.24) is 36.0 Å². The molecule has 0 saturated carbocycles. The average Bonchev–Trinajstić information content (AvgIpc) is 1.49. The Morgan fingerprint density at radius 3 is 1.12 bits per heavy atom. The normalized spacial score (nSPS) is 16.2. The zero-order chi connectivity index (χ0) is 81.5. The molecule has 32 heteroatoms. The summed E-state index contributed by atoms with van der Waals surface area (Å²) in [5, 5.41) is 34.4. The molecule has 588 valence electrons. The largest absolute Gasteiger partial charge is 1.00 e. The number of carbonyl (C=O) groups is 9. The van der Waals surface area contributed by atoms with Gasteiger partial charge in [0.2, 0.25) is 11.8 Å². The Hall–Kier alpha value is -9.57. The Bertz CT molecular complexity index is 3980. The summed E-state index contributed by atoms with van der Waals surface area (Å²) in [6.07, 6.45) is 2.43. The molecular weight excluding hydrogens is 1470 g/mol. The van der Waals surface area contributed by atoms with E-state index in [9.17, 15) is 43.2 Å². The van der Waals surface area contributed by atoms with Gasteiger partial charge in [-0.2, -0.15) is 0 Å². The summed E-state index contributed by atoms with van der Waals surface area (Å²) in [5.74, 6) is 23.6. The molecule has 15 N–H and O–H groups in total. The molecule has 110 heavy (non-hydrogen) atoms. The Morgan fingerprint density at radius 2 is 0.818 bits per heavy atom. The second kappa shape index (κ2) is 47.5. The van der Waals surface area contributed by atoms with Gasteiger partial charge in [-0.1, -0.05) is 96.5 Å². The van der Waals surface area contributed by atoms with E-state index in [-0.39, 0.29) is 91.4 Å². The van der Waals surface area contributed by atoms with Crippen LogP contribution in [-0.4, -0.2) is 199 Å². The van der Waals surface area contributed by atoms with E-state index >= 15 is 0 Å². The topological polar surface area (TPSA) is 443 Å². The summed E-state index contributed by atoms with van der Waals surface area (Å²) in [4.78, 5) is 120. The number of aliphatic carboxylic acids is 1. The van der Waals surface area contributed by atoms with Gasteiger partial charge in [0.1, 0.15) is 33.4 Å². The molecule has 4 saturated heterocycles. The number of carboxylic acid groups (broad SMARTS) is 1. The van der Waals surface area contributed by atoms with Crippen LogP contribution in [0.5, 0.6) is 0 Å². The van der Waals surface area contributed by atoms with E-state index in [4.69, 9.17) is 70.0 Å². The van der Waals surface area contributed by atoms with Gasteiger partial charge in [0.05, 0.1) is 10.9 Å². The number of amides is 8. The second-order valence-electron chi connectivity index (χ2n) is 27.8. The molecule has 0 atom stereocenters. The number of primary amides is 2. The molecule has 4 aromatic carbocycles. The zero-order valence-electron chi connectivity index (χ0n) is 64.3. The van der Waals surface area contributed by atoms with E-state index in [2.05, 4.69) is 78.5 Å². The quantitative estimate of drug-likeness (QED) is 0.0347. The number of halogens is 2. The van der Waals surface area contributed by atoms with Gasteiger partial charge in [-0.3, -0.25) is 24.0 Å². The van der Waals surface area contributed by atoms with Crippen LogP contribution < -0.4 is 73.9 Å². The summed E-state index contributed by atoms with van der Waals surface area (Å²) >= 11 is 9.53. The molecule has 2 spiro atoms. The number of nitrogens with one attached hydrogen (secondary N) is 4. The third-order valence-electron chi connectivity index (χ3n) is 15.9. The number of carboxylic acids is 1. The van der Waals surface area contributed by atoms with Crippen LogP contribution in [0.15, 0.2) is 131 Å². The number of ether oxygens (including phenoxy) is 3. The van der Waals surface area contributed by atoms with Gasteiger partial charge in [-0.05, 0) is 194 Å². The van der Waals surface area contributed by atoms with Crippen molar-refractivity contribution in [3.63, 3.8) is 0 Å². The van der Waals surface area contributed by atoms with E-state index in [1.807, 2.05) is 150 Å². The minimum Gasteiger partial charge on any atom is -0.488 e. The zero-order valence-corrected chi connectivity index (χ0v) is 67.8. The van der Waals surface area contributed by atoms with E-state index in [0.29, 0.717) is 69.1 Å². The van der Waals surface area contributed by atoms with Crippen LogP contribution in [0.1, 0.15) is 143 Å². The van der Waals surface area contributed by atoms with Gasteiger partial charge < -0.3 is 94.2 Å². The van der Waals surface area contributed by atoms with Crippen LogP contribution in [0, 0.1) is 47.4 Å². The van der Waals surface area contributed by atoms with Crippen molar-refractivity contribution >= 4 is 88.7 Å². The maximum Gasteiger partial charge on any atom is 1.00 e. The monoisotopic (exact) mass is 1570 g/mol. The molecule has 0 bridgehead atoms. The number of benzene rings is 4. The molecule has 6 aliphatic heterocycles. The van der Waals surface area contributed by atoms with Crippen molar-refractivity contribution in [3.8, 4) is 47.4 Å². The van der Waals surface area contributed by atoms with Gasteiger partial charge in [-0.25, -0.2) is 29.2 Å². The van der Waals surface area contributed by atoms with Gasteiger partial charge >= 0.3 is 53.8 Å². The van der Waals surface area contributed by atoms with Crippen LogP contribution >= 0.6 is 23.2 Å². The number of hydrogen-bond donors (Lipinski definition) is 11. The van der Waals surface area contributed by atoms with Crippen molar-refractivity contribution in [1.29, 1.82) is 0 Å². The first-order chi connectivity index (χ1) is 51.3. The maximum atomic E-state index is 12.5. The van der Waals surface area contributed by atoms with Gasteiger partial charge in [0, 0.05) is 80.0 Å². The first-order valence-electron chi connectivity index (χ1n) is 34.8.